The summed E-state index contributed by atoms with van der Waals surface area (Å²) in [6.45, 7) is 5.16. The van der Waals surface area contributed by atoms with Crippen LogP contribution in [-0.4, -0.2) is 89.3 Å². The van der Waals surface area contributed by atoms with Gasteiger partial charge in [-0.2, -0.15) is 10.1 Å². The van der Waals surface area contributed by atoms with Crippen molar-refractivity contribution in [1.82, 2.24) is 34.6 Å². The molecule has 0 radical (unpaired) electrons. The van der Waals surface area contributed by atoms with Crippen LogP contribution in [0.4, 0.5) is 28.8 Å². The number of hydrogen-bond donors (Lipinski definition) is 2. The first-order valence-electron chi connectivity index (χ1n) is 13.9. The van der Waals surface area contributed by atoms with Gasteiger partial charge in [0, 0.05) is 74.9 Å². The monoisotopic (exact) mass is 678 g/mol. The van der Waals surface area contributed by atoms with Crippen LogP contribution in [-0.2, 0) is 11.6 Å². The van der Waals surface area contributed by atoms with Crippen LogP contribution >= 0.6 is 23.1 Å². The number of methoxy groups -OCH3 is 1. The minimum atomic E-state index is -2.76. The van der Waals surface area contributed by atoms with E-state index in [0.717, 1.165) is 29.9 Å². The van der Waals surface area contributed by atoms with Gasteiger partial charge in [0.2, 0.25) is 5.95 Å². The lowest BCUT2D eigenvalue weighted by molar-refractivity contribution is 0.413. The molecule has 14 heteroatoms. The van der Waals surface area contributed by atoms with Crippen molar-refractivity contribution in [3.05, 3.63) is 59.7 Å². The number of aromatic nitrogens is 6. The first-order valence-corrected chi connectivity index (χ1v) is 17.3. The zero-order chi connectivity index (χ0) is 31.6. The van der Waals surface area contributed by atoms with Crippen LogP contribution in [0.3, 0.4) is 0 Å². The number of nitrogens with zero attached hydrogens (tertiary/aromatic N) is 8. The van der Waals surface area contributed by atoms with Crippen molar-refractivity contribution in [2.75, 3.05) is 70.2 Å². The van der Waals surface area contributed by atoms with Gasteiger partial charge in [-0.15, -0.1) is 0 Å². The molecule has 230 valence electrons. The average Bonchev–Trinajstić information content (AvgIpc) is 3.42. The van der Waals surface area contributed by atoms with E-state index in [-0.39, 0.29) is 0 Å². The van der Waals surface area contributed by atoms with E-state index in [1.54, 1.807) is 43.7 Å². The SMILES string of the molecule is COc1cc(N(C)CCN(C)C)c(-c2cnn(C)c2)cc1Nc1ncc(Br)c(Nc2ccc3nccnc3c2P(C)(C)=O)n1. The third-order valence-corrected chi connectivity index (χ3v) is 9.13. The van der Waals surface area contributed by atoms with Crippen molar-refractivity contribution in [2.45, 2.75) is 0 Å². The summed E-state index contributed by atoms with van der Waals surface area (Å²) in [5.41, 5.74) is 5.57. The van der Waals surface area contributed by atoms with E-state index in [0.29, 0.717) is 49.7 Å². The Balaban J connectivity index is 1.53. The summed E-state index contributed by atoms with van der Waals surface area (Å²) >= 11 is 3.57. The molecule has 0 aliphatic heterocycles. The van der Waals surface area contributed by atoms with E-state index in [1.165, 1.54) is 0 Å². The number of ether oxygens (including phenoxy) is 1. The maximum atomic E-state index is 13.4. The van der Waals surface area contributed by atoms with Crippen LogP contribution in [0.5, 0.6) is 5.75 Å². The first kappa shape index (κ1) is 31.4. The highest BCUT2D eigenvalue weighted by Gasteiger charge is 2.23. The number of halogens is 1. The molecule has 2 N–H and O–H groups in total. The van der Waals surface area contributed by atoms with Gasteiger partial charge >= 0.3 is 0 Å². The van der Waals surface area contributed by atoms with Gasteiger partial charge in [0.05, 0.1) is 40.0 Å². The minimum absolute atomic E-state index is 0.346. The van der Waals surface area contributed by atoms with Crippen LogP contribution in [0.25, 0.3) is 22.2 Å². The van der Waals surface area contributed by atoms with E-state index >= 15 is 0 Å². The number of nitrogens with one attached hydrogen (secondary N) is 2. The molecule has 3 heterocycles. The molecule has 0 aliphatic rings. The summed E-state index contributed by atoms with van der Waals surface area (Å²) in [6, 6.07) is 7.74. The molecular weight excluding hydrogens is 643 g/mol. The zero-order valence-electron chi connectivity index (χ0n) is 25.8. The summed E-state index contributed by atoms with van der Waals surface area (Å²) in [4.78, 5) is 22.5. The molecule has 0 aliphatic carbocycles. The van der Waals surface area contributed by atoms with E-state index in [9.17, 15) is 4.57 Å². The smallest absolute Gasteiger partial charge is 0.229 e. The molecule has 0 unspecified atom stereocenters. The number of benzene rings is 2. The standard InChI is InChI=1S/C30H36BrN10O2P/c1-39(2)12-13-40(3)25-15-26(43-5)24(14-20(25)19-16-35-41(4)18-19)37-30-34-17-21(31)29(38-30)36-23-9-8-22-27(33-11-10-32-22)28(23)44(6,7)42/h8-11,14-18H,12-13H2,1-7H3,(H2,34,36,37,38). The number of rotatable bonds is 11. The Labute approximate surface area is 265 Å². The molecule has 0 bridgehead atoms. The van der Waals surface area contributed by atoms with Gasteiger partial charge in [-0.05, 0) is 61.6 Å². The van der Waals surface area contributed by atoms with E-state index in [2.05, 4.69) is 77.6 Å². The fraction of sp³-hybridized carbons (Fsp3) is 0.300. The lowest BCUT2D eigenvalue weighted by atomic mass is 10.0. The second kappa shape index (κ2) is 12.9. The van der Waals surface area contributed by atoms with Crippen LogP contribution in [0.15, 0.2) is 59.7 Å². The van der Waals surface area contributed by atoms with Crippen LogP contribution in [0, 0.1) is 0 Å². The molecule has 0 fully saturated rings. The second-order valence-corrected chi connectivity index (χ2v) is 15.1. The minimum Gasteiger partial charge on any atom is -0.494 e. The lowest BCUT2D eigenvalue weighted by Crippen LogP contribution is -2.28. The topological polar surface area (TPSA) is 126 Å². The van der Waals surface area contributed by atoms with Gasteiger partial charge < -0.3 is 29.7 Å². The third kappa shape index (κ3) is 6.85. The predicted octanol–water partition coefficient (Wildman–Crippen LogP) is 5.32. The molecule has 0 spiro atoms. The molecule has 3 aromatic heterocycles. The fourth-order valence-electron chi connectivity index (χ4n) is 4.84. The molecule has 44 heavy (non-hydrogen) atoms. The summed E-state index contributed by atoms with van der Waals surface area (Å²) in [5.74, 6) is 1.48. The highest BCUT2D eigenvalue weighted by atomic mass is 79.9. The fourth-order valence-corrected chi connectivity index (χ4v) is 6.53. The highest BCUT2D eigenvalue weighted by Crippen LogP contribution is 2.42. The molecule has 0 atom stereocenters. The number of hydrogen-bond acceptors (Lipinski definition) is 11. The number of anilines is 5. The quantitative estimate of drug-likeness (QED) is 0.176. The predicted molar refractivity (Wildman–Crippen MR) is 182 cm³/mol. The molecule has 5 aromatic rings. The molecule has 0 amide bonds. The summed E-state index contributed by atoms with van der Waals surface area (Å²) in [5, 5.41) is 11.7. The molecule has 5 rings (SSSR count). The Kier molecular flexibility index (Phi) is 9.19. The van der Waals surface area contributed by atoms with E-state index < -0.39 is 7.14 Å². The van der Waals surface area contributed by atoms with Gasteiger partial charge in [-0.3, -0.25) is 14.6 Å². The Bertz CT molecular complexity index is 1860. The Morgan fingerprint density at radius 3 is 2.45 bits per heavy atom. The second-order valence-electron chi connectivity index (χ2n) is 11.1. The van der Waals surface area contributed by atoms with Crippen molar-refractivity contribution in [3.8, 4) is 16.9 Å². The highest BCUT2D eigenvalue weighted by molar-refractivity contribution is 9.10. The molecule has 12 nitrogen and oxygen atoms in total. The van der Waals surface area contributed by atoms with Crippen LogP contribution in [0.1, 0.15) is 0 Å². The van der Waals surface area contributed by atoms with E-state index in [4.69, 9.17) is 9.72 Å². The Morgan fingerprint density at radius 2 is 1.77 bits per heavy atom. The maximum absolute atomic E-state index is 13.4. The van der Waals surface area contributed by atoms with Crippen LogP contribution < -0.4 is 25.6 Å². The van der Waals surface area contributed by atoms with Gasteiger partial charge in [-0.25, -0.2) is 4.98 Å². The number of aryl methyl sites for hydroxylation is 1. The van der Waals surface area contributed by atoms with Gasteiger partial charge in [-0.1, -0.05) is 0 Å². The van der Waals surface area contributed by atoms with Crippen molar-refractivity contribution in [2.24, 2.45) is 7.05 Å². The van der Waals surface area contributed by atoms with Gasteiger partial charge in [0.15, 0.2) is 0 Å². The number of likely N-dealkylation sites (N-methyl/N-ethyl adjacent to an activating group) is 2. The molecule has 0 saturated carbocycles. The van der Waals surface area contributed by atoms with Crippen LogP contribution in [0.2, 0.25) is 0 Å². The Hall–Kier alpha value is -4.06. The van der Waals surface area contributed by atoms with Crippen molar-refractivity contribution in [1.29, 1.82) is 0 Å². The molecular formula is C30H36BrN10O2P. The Morgan fingerprint density at radius 1 is 1.00 bits per heavy atom. The molecule has 2 aromatic carbocycles. The average molecular weight is 680 g/mol. The van der Waals surface area contributed by atoms with E-state index in [1.807, 2.05) is 43.7 Å². The third-order valence-electron chi connectivity index (χ3n) is 7.02. The number of fused-ring (bicyclic) bond motifs is 1. The summed E-state index contributed by atoms with van der Waals surface area (Å²) in [6.07, 6.45) is 8.72. The summed E-state index contributed by atoms with van der Waals surface area (Å²) in [7, 11) is 6.97. The van der Waals surface area contributed by atoms with Crippen molar-refractivity contribution < 1.29 is 9.30 Å². The normalized spacial score (nSPS) is 11.7. The van der Waals surface area contributed by atoms with Gasteiger partial charge in [0.25, 0.3) is 0 Å². The van der Waals surface area contributed by atoms with Crippen molar-refractivity contribution in [3.63, 3.8) is 0 Å². The zero-order valence-corrected chi connectivity index (χ0v) is 28.3. The lowest BCUT2D eigenvalue weighted by Gasteiger charge is -2.25. The first-order chi connectivity index (χ1) is 20.9. The largest absolute Gasteiger partial charge is 0.494 e. The van der Waals surface area contributed by atoms with Crippen molar-refractivity contribution >= 4 is 68.2 Å². The summed E-state index contributed by atoms with van der Waals surface area (Å²) < 4.78 is 21.7. The maximum Gasteiger partial charge on any atom is 0.229 e. The van der Waals surface area contributed by atoms with Gasteiger partial charge in [0.1, 0.15) is 24.2 Å². The molecule has 0 saturated heterocycles.